The van der Waals surface area contributed by atoms with E-state index in [4.69, 9.17) is 15.2 Å². The fraction of sp³-hybridized carbons (Fsp3) is 1.00. The van der Waals surface area contributed by atoms with Gasteiger partial charge in [-0.25, -0.2) is 0 Å². The second-order valence-electron chi connectivity index (χ2n) is 3.81. The van der Waals surface area contributed by atoms with Crippen molar-refractivity contribution in [2.45, 2.75) is 18.9 Å². The second-order valence-corrected chi connectivity index (χ2v) is 3.81. The fourth-order valence-electron chi connectivity index (χ4n) is 2.56. The van der Waals surface area contributed by atoms with Crippen molar-refractivity contribution in [2.75, 3.05) is 26.4 Å². The van der Waals surface area contributed by atoms with Gasteiger partial charge < -0.3 is 15.2 Å². The molecule has 3 heteroatoms. The van der Waals surface area contributed by atoms with Gasteiger partial charge in [0.15, 0.2) is 0 Å². The maximum absolute atomic E-state index is 5.73. The molecule has 1 heterocycles. The lowest BCUT2D eigenvalue weighted by Gasteiger charge is -2.50. The number of hydrogen-bond donors (Lipinski definition) is 1. The van der Waals surface area contributed by atoms with E-state index >= 15 is 0 Å². The molecular weight excluding hydrogens is 154 g/mol. The lowest BCUT2D eigenvalue weighted by atomic mass is 9.63. The minimum atomic E-state index is -0.0318. The van der Waals surface area contributed by atoms with E-state index in [0.717, 1.165) is 32.2 Å². The molecule has 1 saturated heterocycles. The van der Waals surface area contributed by atoms with Crippen molar-refractivity contribution < 1.29 is 9.47 Å². The van der Waals surface area contributed by atoms with Crippen LogP contribution in [0.1, 0.15) is 13.3 Å². The normalized spacial score (nSPS) is 45.5. The Labute approximate surface area is 73.2 Å². The minimum Gasteiger partial charge on any atom is -0.381 e. The molecule has 2 N–H and O–H groups in total. The van der Waals surface area contributed by atoms with Gasteiger partial charge in [-0.1, -0.05) is 0 Å². The van der Waals surface area contributed by atoms with Crippen LogP contribution >= 0.6 is 0 Å². The van der Waals surface area contributed by atoms with Crippen molar-refractivity contribution in [2.24, 2.45) is 17.6 Å². The second kappa shape index (κ2) is 2.98. The highest BCUT2D eigenvalue weighted by molar-refractivity contribution is 5.06. The third kappa shape index (κ3) is 1.00. The van der Waals surface area contributed by atoms with E-state index in [2.05, 4.69) is 0 Å². The van der Waals surface area contributed by atoms with Crippen LogP contribution in [0.25, 0.3) is 0 Å². The van der Waals surface area contributed by atoms with Crippen molar-refractivity contribution in [1.82, 2.24) is 0 Å². The van der Waals surface area contributed by atoms with Gasteiger partial charge >= 0.3 is 0 Å². The lowest BCUT2D eigenvalue weighted by molar-refractivity contribution is -0.153. The van der Waals surface area contributed by atoms with E-state index in [1.54, 1.807) is 0 Å². The zero-order chi connectivity index (χ0) is 8.60. The highest BCUT2D eigenvalue weighted by Gasteiger charge is 2.56. The average Bonchev–Trinajstić information content (AvgIpc) is 2.44. The summed E-state index contributed by atoms with van der Waals surface area (Å²) in [6.07, 6.45) is 1.10. The van der Waals surface area contributed by atoms with Gasteiger partial charge in [-0.2, -0.15) is 0 Å². The van der Waals surface area contributed by atoms with Crippen LogP contribution < -0.4 is 5.73 Å². The predicted molar refractivity (Wildman–Crippen MR) is 45.8 cm³/mol. The number of rotatable bonds is 3. The summed E-state index contributed by atoms with van der Waals surface area (Å²) in [7, 11) is 0. The molecule has 0 aromatic rings. The van der Waals surface area contributed by atoms with Crippen molar-refractivity contribution in [3.8, 4) is 0 Å². The van der Waals surface area contributed by atoms with Crippen LogP contribution in [0.2, 0.25) is 0 Å². The van der Waals surface area contributed by atoms with E-state index in [0.29, 0.717) is 12.5 Å². The van der Waals surface area contributed by atoms with Crippen LogP contribution in [0, 0.1) is 11.8 Å². The smallest absolute Gasteiger partial charge is 0.0861 e. The maximum Gasteiger partial charge on any atom is 0.0861 e. The summed E-state index contributed by atoms with van der Waals surface area (Å²) in [6.45, 7) is 5.20. The summed E-state index contributed by atoms with van der Waals surface area (Å²) in [4.78, 5) is 0. The molecule has 0 aromatic heterocycles. The van der Waals surface area contributed by atoms with Crippen LogP contribution in [-0.2, 0) is 9.47 Å². The molecule has 0 radical (unpaired) electrons. The largest absolute Gasteiger partial charge is 0.381 e. The molecular formula is C9H17NO2. The van der Waals surface area contributed by atoms with Crippen LogP contribution in [0.4, 0.5) is 0 Å². The van der Waals surface area contributed by atoms with E-state index in [9.17, 15) is 0 Å². The summed E-state index contributed by atoms with van der Waals surface area (Å²) < 4.78 is 11.1. The molecule has 1 aliphatic heterocycles. The van der Waals surface area contributed by atoms with Gasteiger partial charge in [-0.05, 0) is 19.3 Å². The minimum absolute atomic E-state index is 0.0318. The Bertz CT molecular complexity index is 174. The van der Waals surface area contributed by atoms with E-state index in [1.165, 1.54) is 0 Å². The summed E-state index contributed by atoms with van der Waals surface area (Å²) in [5, 5.41) is 0. The number of nitrogens with two attached hydrogens (primary N) is 1. The molecule has 3 nitrogen and oxygen atoms in total. The quantitative estimate of drug-likeness (QED) is 0.668. The molecule has 0 amide bonds. The van der Waals surface area contributed by atoms with Crippen molar-refractivity contribution in [3.05, 3.63) is 0 Å². The summed E-state index contributed by atoms with van der Waals surface area (Å²) in [5.74, 6) is 1.29. The molecule has 3 unspecified atom stereocenters. The molecule has 70 valence electrons. The van der Waals surface area contributed by atoms with Gasteiger partial charge in [0.1, 0.15) is 0 Å². The van der Waals surface area contributed by atoms with E-state index < -0.39 is 0 Å². The van der Waals surface area contributed by atoms with Gasteiger partial charge in [0.25, 0.3) is 0 Å². The highest BCUT2D eigenvalue weighted by Crippen LogP contribution is 2.49. The Morgan fingerprint density at radius 1 is 1.58 bits per heavy atom. The molecule has 2 rings (SSSR count). The van der Waals surface area contributed by atoms with Gasteiger partial charge in [0, 0.05) is 25.7 Å². The summed E-state index contributed by atoms with van der Waals surface area (Å²) in [5.41, 5.74) is 5.70. The van der Waals surface area contributed by atoms with Crippen LogP contribution in [0.5, 0.6) is 0 Å². The average molecular weight is 171 g/mol. The Morgan fingerprint density at radius 2 is 2.42 bits per heavy atom. The standard InChI is InChI=1S/C9H17NO2/c1-2-12-9(6-10)3-7-4-11-5-8(7)9/h7-8H,2-6,10H2,1H3. The summed E-state index contributed by atoms with van der Waals surface area (Å²) >= 11 is 0. The molecule has 0 aromatic carbocycles. The molecule has 0 bridgehead atoms. The van der Waals surface area contributed by atoms with E-state index in [-0.39, 0.29) is 5.60 Å². The first-order valence-corrected chi connectivity index (χ1v) is 4.74. The predicted octanol–water partition coefficient (Wildman–Crippen LogP) is 0.387. The van der Waals surface area contributed by atoms with Gasteiger partial charge in [0.05, 0.1) is 12.2 Å². The maximum atomic E-state index is 5.73. The zero-order valence-electron chi connectivity index (χ0n) is 7.58. The van der Waals surface area contributed by atoms with Crippen molar-refractivity contribution in [1.29, 1.82) is 0 Å². The number of ether oxygens (including phenoxy) is 2. The molecule has 1 aliphatic carbocycles. The Hall–Kier alpha value is -0.120. The zero-order valence-corrected chi connectivity index (χ0v) is 7.58. The Morgan fingerprint density at radius 3 is 3.00 bits per heavy atom. The first-order valence-electron chi connectivity index (χ1n) is 4.74. The van der Waals surface area contributed by atoms with Crippen molar-refractivity contribution >= 4 is 0 Å². The van der Waals surface area contributed by atoms with Gasteiger partial charge in [-0.15, -0.1) is 0 Å². The molecule has 12 heavy (non-hydrogen) atoms. The third-order valence-electron chi connectivity index (χ3n) is 3.26. The SMILES string of the molecule is CCOC1(CN)CC2COCC21. The van der Waals surface area contributed by atoms with Crippen LogP contribution in [-0.4, -0.2) is 32.0 Å². The number of fused-ring (bicyclic) bond motifs is 1. The fourth-order valence-corrected chi connectivity index (χ4v) is 2.56. The van der Waals surface area contributed by atoms with Gasteiger partial charge in [0.2, 0.25) is 0 Å². The van der Waals surface area contributed by atoms with Crippen LogP contribution in [0.3, 0.4) is 0 Å². The Balaban J connectivity index is 2.01. The summed E-state index contributed by atoms with van der Waals surface area (Å²) in [6, 6.07) is 0. The molecule has 0 spiro atoms. The van der Waals surface area contributed by atoms with Crippen molar-refractivity contribution in [3.63, 3.8) is 0 Å². The topological polar surface area (TPSA) is 44.5 Å². The lowest BCUT2D eigenvalue weighted by Crippen LogP contribution is -2.59. The van der Waals surface area contributed by atoms with Crippen LogP contribution in [0.15, 0.2) is 0 Å². The van der Waals surface area contributed by atoms with E-state index in [1.807, 2.05) is 6.92 Å². The number of hydrogen-bond acceptors (Lipinski definition) is 3. The first-order chi connectivity index (χ1) is 5.82. The molecule has 3 atom stereocenters. The highest BCUT2D eigenvalue weighted by atomic mass is 16.5. The first kappa shape index (κ1) is 8.48. The third-order valence-corrected chi connectivity index (χ3v) is 3.26. The molecule has 1 saturated carbocycles. The monoisotopic (exact) mass is 171 g/mol. The Kier molecular flexibility index (Phi) is 2.10. The van der Waals surface area contributed by atoms with Gasteiger partial charge in [-0.3, -0.25) is 0 Å². The molecule has 2 fully saturated rings. The molecule has 2 aliphatic rings.